The predicted octanol–water partition coefficient (Wildman–Crippen LogP) is 2.52. The molecule has 0 saturated heterocycles. The van der Waals surface area contributed by atoms with E-state index in [0.29, 0.717) is 6.42 Å². The van der Waals surface area contributed by atoms with Crippen molar-refractivity contribution in [3.63, 3.8) is 0 Å². The number of hydrogen-bond acceptors (Lipinski definition) is 2. The summed E-state index contributed by atoms with van der Waals surface area (Å²) in [6, 6.07) is 9.56. The van der Waals surface area contributed by atoms with E-state index in [1.54, 1.807) is 13.8 Å². The Balaban J connectivity index is 2.61. The van der Waals surface area contributed by atoms with E-state index in [2.05, 4.69) is 0 Å². The first-order valence-electron chi connectivity index (χ1n) is 5.36. The van der Waals surface area contributed by atoms with Gasteiger partial charge in [0.05, 0.1) is 11.7 Å². The highest BCUT2D eigenvalue weighted by Gasteiger charge is 2.25. The molecule has 0 heterocycles. The molecule has 2 heteroatoms. The van der Waals surface area contributed by atoms with Crippen molar-refractivity contribution < 1.29 is 10.2 Å². The van der Waals surface area contributed by atoms with E-state index in [1.807, 2.05) is 37.3 Å². The van der Waals surface area contributed by atoms with Crippen LogP contribution in [0.4, 0.5) is 0 Å². The van der Waals surface area contributed by atoms with Crippen LogP contribution in [0.3, 0.4) is 0 Å². The third-order valence-electron chi connectivity index (χ3n) is 2.97. The summed E-state index contributed by atoms with van der Waals surface area (Å²) in [6.07, 6.45) is 0.0840. The Morgan fingerprint density at radius 3 is 2.20 bits per heavy atom. The first-order valence-corrected chi connectivity index (χ1v) is 5.36. The highest BCUT2D eigenvalue weighted by atomic mass is 16.3. The normalized spacial score (nSPS) is 16.1. The van der Waals surface area contributed by atoms with E-state index in [1.165, 1.54) is 0 Å². The van der Waals surface area contributed by atoms with Crippen molar-refractivity contribution in [2.24, 2.45) is 5.92 Å². The summed E-state index contributed by atoms with van der Waals surface area (Å²) in [4.78, 5) is 0. The minimum absolute atomic E-state index is 0.0627. The Kier molecular flexibility index (Phi) is 3.89. The van der Waals surface area contributed by atoms with E-state index < -0.39 is 11.7 Å². The van der Waals surface area contributed by atoms with Gasteiger partial charge in [0.2, 0.25) is 0 Å². The SMILES string of the molecule is C[C@@H](C[C@H](O)c1ccccc1)C(C)(C)O. The van der Waals surface area contributed by atoms with Crippen LogP contribution in [0, 0.1) is 5.92 Å². The minimum Gasteiger partial charge on any atom is -0.390 e. The molecule has 0 bridgehead atoms. The van der Waals surface area contributed by atoms with E-state index in [0.717, 1.165) is 5.56 Å². The van der Waals surface area contributed by atoms with Crippen LogP contribution >= 0.6 is 0 Å². The summed E-state index contributed by atoms with van der Waals surface area (Å²) < 4.78 is 0. The lowest BCUT2D eigenvalue weighted by molar-refractivity contribution is 0.000187. The Morgan fingerprint density at radius 2 is 1.73 bits per heavy atom. The molecule has 0 unspecified atom stereocenters. The molecule has 0 fully saturated rings. The molecular weight excluding hydrogens is 188 g/mol. The van der Waals surface area contributed by atoms with Gasteiger partial charge in [-0.25, -0.2) is 0 Å². The van der Waals surface area contributed by atoms with Crippen molar-refractivity contribution in [1.29, 1.82) is 0 Å². The number of hydrogen-bond donors (Lipinski definition) is 2. The second-order valence-corrected chi connectivity index (χ2v) is 4.72. The average Bonchev–Trinajstić information content (AvgIpc) is 2.17. The van der Waals surface area contributed by atoms with Crippen LogP contribution in [-0.4, -0.2) is 15.8 Å². The number of aliphatic hydroxyl groups is 2. The molecule has 0 aliphatic heterocycles. The molecule has 1 rings (SSSR count). The molecule has 0 aliphatic rings. The quantitative estimate of drug-likeness (QED) is 0.798. The Morgan fingerprint density at radius 1 is 1.20 bits per heavy atom. The van der Waals surface area contributed by atoms with Crippen LogP contribution in [0.25, 0.3) is 0 Å². The lowest BCUT2D eigenvalue weighted by atomic mass is 9.86. The summed E-state index contributed by atoms with van der Waals surface area (Å²) in [5.41, 5.74) is 0.170. The van der Waals surface area contributed by atoms with E-state index in [-0.39, 0.29) is 5.92 Å². The zero-order chi connectivity index (χ0) is 11.5. The molecule has 1 aromatic carbocycles. The van der Waals surface area contributed by atoms with Gasteiger partial charge in [0.1, 0.15) is 0 Å². The lowest BCUT2D eigenvalue weighted by Gasteiger charge is -2.27. The maximum absolute atomic E-state index is 9.94. The smallest absolute Gasteiger partial charge is 0.0793 e. The van der Waals surface area contributed by atoms with Crippen LogP contribution in [0.15, 0.2) is 30.3 Å². The van der Waals surface area contributed by atoms with E-state index in [9.17, 15) is 10.2 Å². The van der Waals surface area contributed by atoms with Crippen molar-refractivity contribution in [2.75, 3.05) is 0 Å². The van der Waals surface area contributed by atoms with Crippen molar-refractivity contribution in [3.8, 4) is 0 Å². The van der Waals surface area contributed by atoms with Gasteiger partial charge in [0.15, 0.2) is 0 Å². The predicted molar refractivity (Wildman–Crippen MR) is 61.5 cm³/mol. The molecule has 0 amide bonds. The molecule has 2 nitrogen and oxygen atoms in total. The molecule has 84 valence electrons. The third-order valence-corrected chi connectivity index (χ3v) is 2.97. The summed E-state index contributed by atoms with van der Waals surface area (Å²) in [7, 11) is 0. The monoisotopic (exact) mass is 208 g/mol. The average molecular weight is 208 g/mol. The number of aliphatic hydroxyl groups excluding tert-OH is 1. The molecule has 2 atom stereocenters. The minimum atomic E-state index is -0.740. The fraction of sp³-hybridized carbons (Fsp3) is 0.538. The molecule has 0 spiro atoms. The zero-order valence-corrected chi connectivity index (χ0v) is 9.64. The molecule has 1 aromatic rings. The highest BCUT2D eigenvalue weighted by molar-refractivity contribution is 5.17. The molecule has 0 aromatic heterocycles. The summed E-state index contributed by atoms with van der Waals surface area (Å²) in [5.74, 6) is 0.0627. The Hall–Kier alpha value is -0.860. The standard InChI is InChI=1S/C13H20O2/c1-10(13(2,3)15)9-12(14)11-7-5-4-6-8-11/h4-8,10,12,14-15H,9H2,1-3H3/t10-,12-/m0/s1. The summed E-state index contributed by atoms with van der Waals surface area (Å²) in [5, 5.41) is 19.7. The van der Waals surface area contributed by atoms with Gasteiger partial charge in [-0.05, 0) is 31.7 Å². The van der Waals surface area contributed by atoms with Crippen LogP contribution in [0.5, 0.6) is 0 Å². The fourth-order valence-corrected chi connectivity index (χ4v) is 1.43. The molecular formula is C13H20O2. The van der Waals surface area contributed by atoms with Gasteiger partial charge in [-0.1, -0.05) is 37.3 Å². The Labute approximate surface area is 91.6 Å². The molecule has 15 heavy (non-hydrogen) atoms. The van der Waals surface area contributed by atoms with Crippen LogP contribution in [0.1, 0.15) is 38.9 Å². The fourth-order valence-electron chi connectivity index (χ4n) is 1.43. The van der Waals surface area contributed by atoms with Crippen LogP contribution < -0.4 is 0 Å². The van der Waals surface area contributed by atoms with Gasteiger partial charge in [0.25, 0.3) is 0 Å². The maximum atomic E-state index is 9.94. The Bertz CT molecular complexity index is 287. The summed E-state index contributed by atoms with van der Waals surface area (Å²) >= 11 is 0. The first kappa shape index (κ1) is 12.2. The van der Waals surface area contributed by atoms with Gasteiger partial charge in [-0.2, -0.15) is 0 Å². The molecule has 0 saturated carbocycles. The van der Waals surface area contributed by atoms with Crippen molar-refractivity contribution in [1.82, 2.24) is 0 Å². The van der Waals surface area contributed by atoms with Crippen LogP contribution in [0.2, 0.25) is 0 Å². The van der Waals surface area contributed by atoms with E-state index in [4.69, 9.17) is 0 Å². The van der Waals surface area contributed by atoms with Gasteiger partial charge >= 0.3 is 0 Å². The molecule has 0 aliphatic carbocycles. The first-order chi connectivity index (χ1) is 6.91. The number of rotatable bonds is 4. The van der Waals surface area contributed by atoms with Gasteiger partial charge in [-0.15, -0.1) is 0 Å². The largest absolute Gasteiger partial charge is 0.390 e. The van der Waals surface area contributed by atoms with Crippen molar-refractivity contribution >= 4 is 0 Å². The van der Waals surface area contributed by atoms with Gasteiger partial charge < -0.3 is 10.2 Å². The second kappa shape index (κ2) is 4.77. The third kappa shape index (κ3) is 3.65. The van der Waals surface area contributed by atoms with Crippen LogP contribution in [-0.2, 0) is 0 Å². The van der Waals surface area contributed by atoms with E-state index >= 15 is 0 Å². The molecule has 2 N–H and O–H groups in total. The molecule has 0 radical (unpaired) electrons. The topological polar surface area (TPSA) is 40.5 Å². The number of benzene rings is 1. The second-order valence-electron chi connectivity index (χ2n) is 4.72. The van der Waals surface area contributed by atoms with Gasteiger partial charge in [0, 0.05) is 0 Å². The van der Waals surface area contributed by atoms with Crippen molar-refractivity contribution in [2.45, 2.75) is 38.9 Å². The van der Waals surface area contributed by atoms with Crippen molar-refractivity contribution in [3.05, 3.63) is 35.9 Å². The zero-order valence-electron chi connectivity index (χ0n) is 9.64. The maximum Gasteiger partial charge on any atom is 0.0793 e. The summed E-state index contributed by atoms with van der Waals surface area (Å²) in [6.45, 7) is 5.50. The van der Waals surface area contributed by atoms with Gasteiger partial charge in [-0.3, -0.25) is 0 Å². The lowest BCUT2D eigenvalue weighted by Crippen LogP contribution is -2.29. The highest BCUT2D eigenvalue weighted by Crippen LogP contribution is 2.27.